The van der Waals surface area contributed by atoms with Crippen LogP contribution in [0.5, 0.6) is 5.75 Å². The molecule has 0 bridgehead atoms. The number of nitrogens with zero attached hydrogens (tertiary/aromatic N) is 2. The molecule has 0 radical (unpaired) electrons. The van der Waals surface area contributed by atoms with Gasteiger partial charge in [0.15, 0.2) is 6.29 Å². The molecular weight excluding hydrogens is 304 g/mol. The third-order valence-electron chi connectivity index (χ3n) is 3.61. The largest absolute Gasteiger partial charge is 0.490 e. The molecule has 8 nitrogen and oxygen atoms in total. The van der Waals surface area contributed by atoms with Gasteiger partial charge in [0, 0.05) is 12.6 Å². The summed E-state index contributed by atoms with van der Waals surface area (Å²) in [5.41, 5.74) is 0.481. The molecule has 0 N–H and O–H groups in total. The van der Waals surface area contributed by atoms with E-state index < -0.39 is 10.9 Å². The molecule has 1 heterocycles. The molecule has 0 saturated heterocycles. The molecule has 122 valence electrons. The summed E-state index contributed by atoms with van der Waals surface area (Å²) in [5.74, 6) is -0.647. The summed E-state index contributed by atoms with van der Waals surface area (Å²) in [6, 6.07) is 1.64. The zero-order valence-corrected chi connectivity index (χ0v) is 13.2. The first-order valence-electron chi connectivity index (χ1n) is 6.85. The Kier molecular flexibility index (Phi) is 4.35. The second-order valence-electron chi connectivity index (χ2n) is 4.89. The predicted molar refractivity (Wildman–Crippen MR) is 82.2 cm³/mol. The van der Waals surface area contributed by atoms with Gasteiger partial charge in [-0.15, -0.1) is 0 Å². The summed E-state index contributed by atoms with van der Waals surface area (Å²) in [7, 11) is 2.87. The van der Waals surface area contributed by atoms with Gasteiger partial charge >= 0.3 is 11.7 Å². The molecule has 0 amide bonds. The van der Waals surface area contributed by atoms with Crippen molar-refractivity contribution in [1.29, 1.82) is 0 Å². The average Bonchev–Trinajstić information content (AvgIpc) is 2.78. The Bertz CT molecular complexity index is 821. The highest BCUT2D eigenvalue weighted by molar-refractivity contribution is 6.12. The first-order chi connectivity index (χ1) is 10.9. The van der Waals surface area contributed by atoms with Gasteiger partial charge in [-0.1, -0.05) is 0 Å². The quantitative estimate of drug-likeness (QED) is 0.363. The molecule has 0 aliphatic carbocycles. The van der Waals surface area contributed by atoms with Crippen LogP contribution in [0.15, 0.2) is 6.07 Å². The van der Waals surface area contributed by atoms with E-state index >= 15 is 0 Å². The Hall–Kier alpha value is -2.90. The molecule has 0 saturated carbocycles. The maximum Gasteiger partial charge on any atom is 0.355 e. The van der Waals surface area contributed by atoms with Crippen LogP contribution in [-0.4, -0.2) is 35.5 Å². The average molecular weight is 320 g/mol. The van der Waals surface area contributed by atoms with Crippen LogP contribution in [0.2, 0.25) is 0 Å². The van der Waals surface area contributed by atoms with E-state index in [1.54, 1.807) is 27.0 Å². The molecule has 2 aromatic rings. The number of methoxy groups -OCH3 is 1. The van der Waals surface area contributed by atoms with E-state index in [9.17, 15) is 19.7 Å². The SMILES string of the molecule is CCOC(=O)c1c(C=O)c2c([N+](=O)[O-])c(OC)c(C)cc2n1C. The van der Waals surface area contributed by atoms with Gasteiger partial charge in [0.25, 0.3) is 0 Å². The van der Waals surface area contributed by atoms with Crippen molar-refractivity contribution >= 4 is 28.8 Å². The van der Waals surface area contributed by atoms with Gasteiger partial charge in [-0.05, 0) is 19.9 Å². The fraction of sp³-hybridized carbons (Fsp3) is 0.333. The number of aryl methyl sites for hydroxylation is 2. The Morgan fingerprint density at radius 2 is 2.13 bits per heavy atom. The fourth-order valence-electron chi connectivity index (χ4n) is 2.71. The zero-order chi connectivity index (χ0) is 17.3. The summed E-state index contributed by atoms with van der Waals surface area (Å²) < 4.78 is 11.5. The molecule has 0 aliphatic rings. The van der Waals surface area contributed by atoms with Gasteiger partial charge < -0.3 is 14.0 Å². The first kappa shape index (κ1) is 16.5. The highest BCUT2D eigenvalue weighted by Gasteiger charge is 2.31. The topological polar surface area (TPSA) is 101 Å². The van der Waals surface area contributed by atoms with Crippen LogP contribution in [0.1, 0.15) is 33.3 Å². The molecule has 0 unspecified atom stereocenters. The molecule has 0 atom stereocenters. The molecule has 0 fully saturated rings. The summed E-state index contributed by atoms with van der Waals surface area (Å²) in [6.07, 6.45) is 0.427. The monoisotopic (exact) mass is 320 g/mol. The van der Waals surface area contributed by atoms with Crippen molar-refractivity contribution in [3.63, 3.8) is 0 Å². The number of nitro benzene ring substituents is 1. The van der Waals surface area contributed by atoms with E-state index in [4.69, 9.17) is 9.47 Å². The number of carbonyl (C=O) groups is 2. The number of aromatic nitrogens is 1. The van der Waals surface area contributed by atoms with E-state index in [1.807, 2.05) is 0 Å². The minimum absolute atomic E-state index is 0.0207. The van der Waals surface area contributed by atoms with Gasteiger partial charge in [-0.3, -0.25) is 14.9 Å². The lowest BCUT2D eigenvalue weighted by molar-refractivity contribution is -0.384. The van der Waals surface area contributed by atoms with Crippen molar-refractivity contribution in [3.8, 4) is 5.75 Å². The van der Waals surface area contributed by atoms with E-state index in [1.165, 1.54) is 11.7 Å². The highest BCUT2D eigenvalue weighted by atomic mass is 16.6. The highest BCUT2D eigenvalue weighted by Crippen LogP contribution is 2.41. The second-order valence-corrected chi connectivity index (χ2v) is 4.89. The zero-order valence-electron chi connectivity index (χ0n) is 13.2. The minimum Gasteiger partial charge on any atom is -0.490 e. The van der Waals surface area contributed by atoms with Crippen LogP contribution in [0, 0.1) is 17.0 Å². The molecule has 2 rings (SSSR count). The minimum atomic E-state index is -0.709. The van der Waals surface area contributed by atoms with Crippen LogP contribution >= 0.6 is 0 Å². The van der Waals surface area contributed by atoms with Crippen molar-refractivity contribution in [3.05, 3.63) is 33.0 Å². The Morgan fingerprint density at radius 1 is 1.48 bits per heavy atom. The van der Waals surface area contributed by atoms with Crippen molar-refractivity contribution in [1.82, 2.24) is 4.57 Å². The molecule has 1 aromatic carbocycles. The smallest absolute Gasteiger partial charge is 0.355 e. The second kappa shape index (κ2) is 6.07. The van der Waals surface area contributed by atoms with Crippen molar-refractivity contribution < 1.29 is 24.0 Å². The first-order valence-corrected chi connectivity index (χ1v) is 6.85. The maximum absolute atomic E-state index is 12.1. The van der Waals surface area contributed by atoms with Crippen LogP contribution in [0.3, 0.4) is 0 Å². The number of fused-ring (bicyclic) bond motifs is 1. The predicted octanol–water partition coefficient (Wildman–Crippen LogP) is 2.39. The lowest BCUT2D eigenvalue weighted by atomic mass is 10.1. The number of esters is 1. The van der Waals surface area contributed by atoms with Gasteiger partial charge in [0.05, 0.1) is 35.1 Å². The lowest BCUT2D eigenvalue weighted by Gasteiger charge is -2.07. The molecule has 23 heavy (non-hydrogen) atoms. The fourth-order valence-corrected chi connectivity index (χ4v) is 2.71. The molecule has 0 aliphatic heterocycles. The normalized spacial score (nSPS) is 10.6. The molecular formula is C15H16N2O6. The number of hydrogen-bond acceptors (Lipinski definition) is 6. The Balaban J connectivity index is 3.02. The van der Waals surface area contributed by atoms with Gasteiger partial charge in [0.1, 0.15) is 5.69 Å². The number of aldehydes is 1. The van der Waals surface area contributed by atoms with Crippen molar-refractivity contribution in [2.75, 3.05) is 13.7 Å². The summed E-state index contributed by atoms with van der Waals surface area (Å²) >= 11 is 0. The van der Waals surface area contributed by atoms with Crippen LogP contribution < -0.4 is 4.74 Å². The summed E-state index contributed by atoms with van der Waals surface area (Å²) in [4.78, 5) is 34.6. The third kappa shape index (κ3) is 2.41. The molecule has 8 heteroatoms. The maximum atomic E-state index is 12.1. The number of benzene rings is 1. The van der Waals surface area contributed by atoms with Crippen LogP contribution in [0.4, 0.5) is 5.69 Å². The van der Waals surface area contributed by atoms with Crippen molar-refractivity contribution in [2.45, 2.75) is 13.8 Å². The third-order valence-corrected chi connectivity index (χ3v) is 3.61. The van der Waals surface area contributed by atoms with E-state index in [-0.39, 0.29) is 34.7 Å². The molecule has 0 spiro atoms. The number of nitro groups is 1. The van der Waals surface area contributed by atoms with E-state index in [0.29, 0.717) is 17.4 Å². The van der Waals surface area contributed by atoms with Gasteiger partial charge in [0.2, 0.25) is 5.75 Å². The van der Waals surface area contributed by atoms with Crippen molar-refractivity contribution in [2.24, 2.45) is 7.05 Å². The van der Waals surface area contributed by atoms with Gasteiger partial charge in [-0.25, -0.2) is 4.79 Å². The van der Waals surface area contributed by atoms with Crippen LogP contribution in [-0.2, 0) is 11.8 Å². The van der Waals surface area contributed by atoms with Gasteiger partial charge in [-0.2, -0.15) is 0 Å². The number of ether oxygens (including phenoxy) is 2. The number of carbonyl (C=O) groups excluding carboxylic acids is 2. The van der Waals surface area contributed by atoms with E-state index in [2.05, 4.69) is 0 Å². The van der Waals surface area contributed by atoms with Crippen LogP contribution in [0.25, 0.3) is 10.9 Å². The standard InChI is InChI=1S/C15H16N2O6/c1-5-23-15(19)12-9(7-18)11-10(16(12)3)6-8(2)14(22-4)13(11)17(20)21/h6-7H,5H2,1-4H3. The summed E-state index contributed by atoms with van der Waals surface area (Å²) in [5, 5.41) is 11.6. The lowest BCUT2D eigenvalue weighted by Crippen LogP contribution is -2.11. The molecule has 1 aromatic heterocycles. The number of hydrogen-bond donors (Lipinski definition) is 0. The number of rotatable bonds is 5. The van der Waals surface area contributed by atoms with E-state index in [0.717, 1.165) is 0 Å². The summed E-state index contributed by atoms with van der Waals surface area (Å²) in [6.45, 7) is 3.42. The Labute approximate surface area is 131 Å². The Morgan fingerprint density at radius 3 is 2.61 bits per heavy atom.